The van der Waals surface area contributed by atoms with Crippen LogP contribution in [0.2, 0.25) is 0 Å². The summed E-state index contributed by atoms with van der Waals surface area (Å²) in [6, 6.07) is 0. The normalized spacial score (nSPS) is 17.5. The number of benzene rings is 1. The molecular weight excluding hydrogens is 336 g/mol. The molecule has 1 aromatic rings. The van der Waals surface area contributed by atoms with Crippen molar-refractivity contribution in [2.45, 2.75) is 46.1 Å². The van der Waals surface area contributed by atoms with Crippen LogP contribution in [0.5, 0.6) is 11.5 Å². The molecule has 6 heteroatoms. The Balaban J connectivity index is 1.88. The molecule has 2 aliphatic rings. The van der Waals surface area contributed by atoms with E-state index in [0.29, 0.717) is 29.7 Å². The predicted octanol–water partition coefficient (Wildman–Crippen LogP) is 3.21. The van der Waals surface area contributed by atoms with E-state index >= 15 is 0 Å². The Morgan fingerprint density at radius 3 is 2.62 bits per heavy atom. The Morgan fingerprint density at radius 1 is 1.35 bits per heavy atom. The van der Waals surface area contributed by atoms with Gasteiger partial charge in [-0.05, 0) is 45.1 Å². The number of methoxy groups -OCH3 is 2. The topological polar surface area (TPSA) is 82.1 Å². The maximum absolute atomic E-state index is 11.9. The van der Waals surface area contributed by atoms with Gasteiger partial charge in [-0.3, -0.25) is 4.79 Å². The first-order valence-electron chi connectivity index (χ1n) is 8.67. The number of cyclic esters (lactones) is 1. The lowest BCUT2D eigenvalue weighted by Crippen LogP contribution is -2.17. The molecule has 26 heavy (non-hydrogen) atoms. The van der Waals surface area contributed by atoms with Crippen molar-refractivity contribution in [3.63, 3.8) is 0 Å². The van der Waals surface area contributed by atoms with E-state index < -0.39 is 5.97 Å². The minimum absolute atomic E-state index is 0.0805. The van der Waals surface area contributed by atoms with Gasteiger partial charge in [0.05, 0.1) is 19.6 Å². The van der Waals surface area contributed by atoms with Crippen LogP contribution in [0.25, 0.3) is 0 Å². The average Bonchev–Trinajstić information content (AvgIpc) is 3.29. The molecule has 1 heterocycles. The molecule has 1 fully saturated rings. The number of phenolic OH excluding ortho intramolecular Hbond substituents is 1. The van der Waals surface area contributed by atoms with Gasteiger partial charge in [0.1, 0.15) is 23.7 Å². The number of hydrogen-bond donors (Lipinski definition) is 1. The maximum atomic E-state index is 11.9. The molecule has 0 unspecified atom stereocenters. The van der Waals surface area contributed by atoms with Gasteiger partial charge in [0, 0.05) is 11.1 Å². The third-order valence-electron chi connectivity index (χ3n) is 5.39. The fourth-order valence-electron chi connectivity index (χ4n) is 3.73. The first-order chi connectivity index (χ1) is 12.3. The molecule has 0 atom stereocenters. The van der Waals surface area contributed by atoms with Crippen LogP contribution in [0.15, 0.2) is 11.6 Å². The molecule has 0 aromatic heterocycles. The van der Waals surface area contributed by atoms with Crippen LogP contribution in [-0.4, -0.2) is 31.3 Å². The van der Waals surface area contributed by atoms with E-state index in [0.717, 1.165) is 24.0 Å². The van der Waals surface area contributed by atoms with Gasteiger partial charge >= 0.3 is 11.9 Å². The van der Waals surface area contributed by atoms with E-state index in [1.165, 1.54) is 7.11 Å². The number of ether oxygens (including phenoxy) is 3. The number of rotatable bonds is 6. The zero-order valence-electron chi connectivity index (χ0n) is 15.6. The molecule has 140 valence electrons. The van der Waals surface area contributed by atoms with E-state index in [-0.39, 0.29) is 29.3 Å². The summed E-state index contributed by atoms with van der Waals surface area (Å²) in [6.07, 6.45) is 4.67. The largest absolute Gasteiger partial charge is 0.507 e. The van der Waals surface area contributed by atoms with Crippen LogP contribution < -0.4 is 4.74 Å². The molecule has 0 spiro atoms. The molecule has 0 radical (unpaired) electrons. The molecule has 1 aliphatic heterocycles. The van der Waals surface area contributed by atoms with Crippen LogP contribution in [0.3, 0.4) is 0 Å². The van der Waals surface area contributed by atoms with Gasteiger partial charge in [-0.15, -0.1) is 0 Å². The van der Waals surface area contributed by atoms with E-state index in [9.17, 15) is 14.7 Å². The highest BCUT2D eigenvalue weighted by molar-refractivity contribution is 5.98. The van der Waals surface area contributed by atoms with E-state index in [4.69, 9.17) is 14.2 Å². The first kappa shape index (κ1) is 18.3. The van der Waals surface area contributed by atoms with Crippen LogP contribution in [-0.2, 0) is 27.3 Å². The van der Waals surface area contributed by atoms with Crippen LogP contribution in [0, 0.1) is 12.3 Å². The van der Waals surface area contributed by atoms with Crippen LogP contribution in [0.4, 0.5) is 0 Å². The molecule has 6 nitrogen and oxygen atoms in total. The Bertz CT molecular complexity index is 801. The number of allylic oxidation sites excluding steroid dienone is 2. The maximum Gasteiger partial charge on any atom is 0.342 e. The Labute approximate surface area is 152 Å². The molecule has 1 aliphatic carbocycles. The van der Waals surface area contributed by atoms with Crippen molar-refractivity contribution in [3.05, 3.63) is 33.9 Å². The SMILES string of the molecule is COC(=O)C1(CC(C)=CCc2c(O)c3c(c(C)c2OC)COC3=O)CC1. The summed E-state index contributed by atoms with van der Waals surface area (Å²) in [7, 11) is 2.96. The monoisotopic (exact) mass is 360 g/mol. The highest BCUT2D eigenvalue weighted by atomic mass is 16.5. The van der Waals surface area contributed by atoms with Crippen molar-refractivity contribution >= 4 is 11.9 Å². The van der Waals surface area contributed by atoms with Gasteiger partial charge in [0.15, 0.2) is 0 Å². The number of esters is 2. The van der Waals surface area contributed by atoms with E-state index in [1.54, 1.807) is 7.11 Å². The highest BCUT2D eigenvalue weighted by Crippen LogP contribution is 2.51. The van der Waals surface area contributed by atoms with E-state index in [1.807, 2.05) is 19.9 Å². The van der Waals surface area contributed by atoms with Gasteiger partial charge in [0.25, 0.3) is 0 Å². The Kier molecular flexibility index (Phi) is 4.69. The number of fused-ring (bicyclic) bond motifs is 1. The van der Waals surface area contributed by atoms with Crippen molar-refractivity contribution < 1.29 is 28.9 Å². The third-order valence-corrected chi connectivity index (χ3v) is 5.39. The zero-order chi connectivity index (χ0) is 19.1. The molecule has 1 aromatic carbocycles. The molecule has 1 N–H and O–H groups in total. The van der Waals surface area contributed by atoms with Crippen molar-refractivity contribution in [1.82, 2.24) is 0 Å². The second-order valence-corrected chi connectivity index (χ2v) is 7.12. The number of carbonyl (C=O) groups excluding carboxylic acids is 2. The lowest BCUT2D eigenvalue weighted by Gasteiger charge is -2.16. The fraction of sp³-hybridized carbons (Fsp3) is 0.500. The second kappa shape index (κ2) is 6.67. The summed E-state index contributed by atoms with van der Waals surface area (Å²) in [5.41, 5.74) is 2.92. The smallest absolute Gasteiger partial charge is 0.342 e. The summed E-state index contributed by atoms with van der Waals surface area (Å²) in [6.45, 7) is 3.97. The number of phenols is 1. The van der Waals surface area contributed by atoms with Gasteiger partial charge in [-0.1, -0.05) is 11.6 Å². The lowest BCUT2D eigenvalue weighted by molar-refractivity contribution is -0.147. The third kappa shape index (κ3) is 2.93. The fourth-order valence-corrected chi connectivity index (χ4v) is 3.73. The standard InChI is InChI=1S/C20H24O6/c1-11(9-20(7-8-20)19(23)25-4)5-6-13-16(21)15-14(10-26-18(15)22)12(2)17(13)24-3/h5,21H,6-10H2,1-4H3. The Hall–Kier alpha value is -2.50. The predicted molar refractivity (Wildman–Crippen MR) is 94.3 cm³/mol. The summed E-state index contributed by atoms with van der Waals surface area (Å²) >= 11 is 0. The summed E-state index contributed by atoms with van der Waals surface area (Å²) in [4.78, 5) is 23.9. The molecular formula is C20H24O6. The second-order valence-electron chi connectivity index (χ2n) is 7.12. The Morgan fingerprint density at radius 2 is 2.04 bits per heavy atom. The molecule has 3 rings (SSSR count). The summed E-state index contributed by atoms with van der Waals surface area (Å²) < 4.78 is 15.4. The van der Waals surface area contributed by atoms with Crippen LogP contribution >= 0.6 is 0 Å². The quantitative estimate of drug-likeness (QED) is 0.620. The van der Waals surface area contributed by atoms with Crippen molar-refractivity contribution in [2.75, 3.05) is 14.2 Å². The van der Waals surface area contributed by atoms with E-state index in [2.05, 4.69) is 0 Å². The van der Waals surface area contributed by atoms with Gasteiger partial charge in [-0.25, -0.2) is 4.79 Å². The minimum Gasteiger partial charge on any atom is -0.507 e. The van der Waals surface area contributed by atoms with Gasteiger partial charge in [-0.2, -0.15) is 0 Å². The van der Waals surface area contributed by atoms with Crippen molar-refractivity contribution in [1.29, 1.82) is 0 Å². The number of hydrogen-bond acceptors (Lipinski definition) is 6. The lowest BCUT2D eigenvalue weighted by atomic mass is 9.93. The summed E-state index contributed by atoms with van der Waals surface area (Å²) in [5, 5.41) is 10.6. The van der Waals surface area contributed by atoms with Crippen molar-refractivity contribution in [3.8, 4) is 11.5 Å². The minimum atomic E-state index is -0.507. The first-order valence-corrected chi connectivity index (χ1v) is 8.67. The van der Waals surface area contributed by atoms with Gasteiger partial charge < -0.3 is 19.3 Å². The van der Waals surface area contributed by atoms with Gasteiger partial charge in [0.2, 0.25) is 0 Å². The molecule has 0 amide bonds. The number of carbonyl (C=O) groups is 2. The molecule has 0 saturated heterocycles. The van der Waals surface area contributed by atoms with Crippen molar-refractivity contribution in [2.24, 2.45) is 5.41 Å². The molecule has 0 bridgehead atoms. The zero-order valence-corrected chi connectivity index (χ0v) is 15.6. The van der Waals surface area contributed by atoms with Crippen LogP contribution in [0.1, 0.15) is 53.2 Å². The highest BCUT2D eigenvalue weighted by Gasteiger charge is 2.50. The number of aromatic hydroxyl groups is 1. The average molecular weight is 360 g/mol. The summed E-state index contributed by atoms with van der Waals surface area (Å²) in [5.74, 6) is -0.185. The molecule has 1 saturated carbocycles.